The molecule has 170 valence electrons. The SMILES string of the molecule is CC(C)(C)OC(=O)N(C(=O)OC(C)(C)C)c1nc2cc(-c3ccc(F)c(Cl)n3)ccn2n1. The van der Waals surface area contributed by atoms with Crippen molar-refractivity contribution in [1.29, 1.82) is 0 Å². The Labute approximate surface area is 189 Å². The van der Waals surface area contributed by atoms with E-state index in [1.165, 1.54) is 16.6 Å². The number of pyridine rings is 2. The molecule has 9 nitrogen and oxygen atoms in total. The standard InChI is InChI=1S/C21H23ClFN5O4/c1-20(2,3)31-18(29)28(19(30)32-21(4,5)6)17-25-15-11-12(9-10-27(15)26-17)14-8-7-13(23)16(22)24-14/h7-11H,1-6H3. The quantitative estimate of drug-likeness (QED) is 0.478. The zero-order chi connectivity index (χ0) is 23.8. The number of halogens is 2. The van der Waals surface area contributed by atoms with Crippen molar-refractivity contribution in [2.24, 2.45) is 0 Å². The molecule has 0 atom stereocenters. The highest BCUT2D eigenvalue weighted by Crippen LogP contribution is 2.24. The molecule has 3 rings (SSSR count). The molecule has 0 aliphatic carbocycles. The zero-order valence-electron chi connectivity index (χ0n) is 18.5. The van der Waals surface area contributed by atoms with Gasteiger partial charge in [0.25, 0.3) is 5.95 Å². The fourth-order valence-corrected chi connectivity index (χ4v) is 2.71. The highest BCUT2D eigenvalue weighted by atomic mass is 35.5. The van der Waals surface area contributed by atoms with Gasteiger partial charge < -0.3 is 9.47 Å². The molecule has 0 radical (unpaired) electrons. The Morgan fingerprint density at radius 1 is 1.00 bits per heavy atom. The molecule has 11 heteroatoms. The lowest BCUT2D eigenvalue weighted by atomic mass is 10.2. The van der Waals surface area contributed by atoms with Gasteiger partial charge in [0.1, 0.15) is 11.2 Å². The minimum atomic E-state index is -0.977. The van der Waals surface area contributed by atoms with Crippen molar-refractivity contribution in [3.8, 4) is 11.3 Å². The van der Waals surface area contributed by atoms with E-state index in [9.17, 15) is 14.0 Å². The van der Waals surface area contributed by atoms with Gasteiger partial charge in [0.15, 0.2) is 16.6 Å². The topological polar surface area (TPSA) is 98.9 Å². The van der Waals surface area contributed by atoms with E-state index in [0.717, 1.165) is 0 Å². The third kappa shape index (κ3) is 5.50. The number of aromatic nitrogens is 4. The summed E-state index contributed by atoms with van der Waals surface area (Å²) in [6.07, 6.45) is -0.396. The fourth-order valence-electron chi connectivity index (χ4n) is 2.55. The van der Waals surface area contributed by atoms with Crippen LogP contribution >= 0.6 is 11.6 Å². The fraction of sp³-hybridized carbons (Fsp3) is 0.381. The average molecular weight is 464 g/mol. The second kappa shape index (κ2) is 8.34. The first kappa shape index (κ1) is 23.4. The highest BCUT2D eigenvalue weighted by Gasteiger charge is 2.35. The van der Waals surface area contributed by atoms with E-state index >= 15 is 0 Å². The number of hydrogen-bond donors (Lipinski definition) is 0. The van der Waals surface area contributed by atoms with Gasteiger partial charge >= 0.3 is 12.2 Å². The van der Waals surface area contributed by atoms with E-state index in [2.05, 4.69) is 15.1 Å². The van der Waals surface area contributed by atoms with Crippen LogP contribution in [-0.2, 0) is 9.47 Å². The third-order valence-corrected chi connectivity index (χ3v) is 4.04. The first-order valence-electron chi connectivity index (χ1n) is 9.68. The van der Waals surface area contributed by atoms with Crippen LogP contribution < -0.4 is 4.90 Å². The Morgan fingerprint density at radius 3 is 2.12 bits per heavy atom. The van der Waals surface area contributed by atoms with E-state index in [1.54, 1.807) is 59.9 Å². The second-order valence-corrected chi connectivity index (χ2v) is 9.25. The first-order valence-corrected chi connectivity index (χ1v) is 10.1. The van der Waals surface area contributed by atoms with Crippen LogP contribution in [0.1, 0.15) is 41.5 Å². The van der Waals surface area contributed by atoms with Gasteiger partial charge in [-0.25, -0.2) is 23.5 Å². The number of fused-ring (bicyclic) bond motifs is 1. The van der Waals surface area contributed by atoms with Crippen LogP contribution in [0.3, 0.4) is 0 Å². The van der Waals surface area contributed by atoms with E-state index in [0.29, 0.717) is 21.8 Å². The average Bonchev–Trinajstić information content (AvgIpc) is 3.03. The van der Waals surface area contributed by atoms with E-state index < -0.39 is 29.2 Å². The van der Waals surface area contributed by atoms with Gasteiger partial charge in [-0.05, 0) is 65.8 Å². The van der Waals surface area contributed by atoms with Crippen molar-refractivity contribution >= 4 is 35.4 Å². The molecule has 3 aromatic heterocycles. The summed E-state index contributed by atoms with van der Waals surface area (Å²) in [4.78, 5) is 34.5. The van der Waals surface area contributed by atoms with Crippen molar-refractivity contribution in [2.45, 2.75) is 52.7 Å². The number of anilines is 1. The lowest BCUT2D eigenvalue weighted by Gasteiger charge is -2.26. The Balaban J connectivity index is 2.02. The maximum Gasteiger partial charge on any atom is 0.427 e. The Bertz CT molecular complexity index is 1160. The predicted octanol–water partition coefficient (Wildman–Crippen LogP) is 5.26. The molecule has 0 saturated carbocycles. The Kier molecular flexibility index (Phi) is 6.10. The molecule has 0 saturated heterocycles. The molecule has 0 fully saturated rings. The van der Waals surface area contributed by atoms with Crippen LogP contribution in [0.4, 0.5) is 19.9 Å². The van der Waals surface area contributed by atoms with Crippen LogP contribution in [0.2, 0.25) is 5.15 Å². The number of carbonyl (C=O) groups excluding carboxylic acids is 2. The minimum absolute atomic E-state index is 0.226. The highest BCUT2D eigenvalue weighted by molar-refractivity contribution is 6.29. The Hall–Kier alpha value is -3.27. The summed E-state index contributed by atoms with van der Waals surface area (Å²) in [6.45, 7) is 10.0. The molecule has 0 unspecified atom stereocenters. The number of ether oxygens (including phenoxy) is 2. The summed E-state index contributed by atoms with van der Waals surface area (Å²) in [5.41, 5.74) is -0.426. The van der Waals surface area contributed by atoms with E-state index in [4.69, 9.17) is 21.1 Å². The molecule has 32 heavy (non-hydrogen) atoms. The lowest BCUT2D eigenvalue weighted by molar-refractivity contribution is 0.0427. The largest absolute Gasteiger partial charge is 0.443 e. The molecule has 0 aliphatic rings. The first-order chi connectivity index (χ1) is 14.7. The van der Waals surface area contributed by atoms with Gasteiger partial charge in [-0.2, -0.15) is 4.98 Å². The van der Waals surface area contributed by atoms with E-state index in [1.807, 2.05) is 0 Å². The Morgan fingerprint density at radius 2 is 1.59 bits per heavy atom. The number of imide groups is 1. The molecule has 2 amide bonds. The van der Waals surface area contributed by atoms with Gasteiger partial charge in [-0.3, -0.25) is 0 Å². The second-order valence-electron chi connectivity index (χ2n) is 8.90. The van der Waals surface area contributed by atoms with Crippen LogP contribution in [-0.4, -0.2) is 43.0 Å². The lowest BCUT2D eigenvalue weighted by Crippen LogP contribution is -2.44. The molecule has 0 N–H and O–H groups in total. The molecule has 0 aromatic carbocycles. The molecular formula is C21H23ClFN5O4. The van der Waals surface area contributed by atoms with Crippen molar-refractivity contribution in [2.75, 3.05) is 4.90 Å². The number of amides is 2. The number of nitrogens with zero attached hydrogens (tertiary/aromatic N) is 5. The third-order valence-electron chi connectivity index (χ3n) is 3.78. The molecule has 3 heterocycles. The summed E-state index contributed by atoms with van der Waals surface area (Å²) in [5.74, 6) is -0.859. The maximum absolute atomic E-state index is 13.4. The van der Waals surface area contributed by atoms with Gasteiger partial charge in [0, 0.05) is 11.8 Å². The number of carbonyl (C=O) groups is 2. The summed E-state index contributed by atoms with van der Waals surface area (Å²) in [6, 6.07) is 5.94. The van der Waals surface area contributed by atoms with Crippen molar-refractivity contribution in [1.82, 2.24) is 19.6 Å². The molecule has 0 spiro atoms. The van der Waals surface area contributed by atoms with Gasteiger partial charge in [0.05, 0.1) is 5.69 Å². The smallest absolute Gasteiger partial charge is 0.427 e. The van der Waals surface area contributed by atoms with Crippen molar-refractivity contribution < 1.29 is 23.5 Å². The molecule has 0 aliphatic heterocycles. The minimum Gasteiger partial charge on any atom is -0.443 e. The summed E-state index contributed by atoms with van der Waals surface area (Å²) in [5, 5.41) is 3.95. The van der Waals surface area contributed by atoms with Crippen molar-refractivity contribution in [3.05, 3.63) is 41.4 Å². The van der Waals surface area contributed by atoms with Crippen LogP contribution in [0.15, 0.2) is 30.5 Å². The molecule has 3 aromatic rings. The van der Waals surface area contributed by atoms with E-state index in [-0.39, 0.29) is 11.1 Å². The summed E-state index contributed by atoms with van der Waals surface area (Å²) < 4.78 is 25.5. The van der Waals surface area contributed by atoms with Gasteiger partial charge in [0.2, 0.25) is 0 Å². The molecule has 0 bridgehead atoms. The van der Waals surface area contributed by atoms with Crippen LogP contribution in [0.25, 0.3) is 16.9 Å². The van der Waals surface area contributed by atoms with Crippen LogP contribution in [0, 0.1) is 5.82 Å². The summed E-state index contributed by atoms with van der Waals surface area (Å²) >= 11 is 5.77. The molecular weight excluding hydrogens is 441 g/mol. The zero-order valence-corrected chi connectivity index (χ0v) is 19.3. The van der Waals surface area contributed by atoms with Crippen molar-refractivity contribution in [3.63, 3.8) is 0 Å². The number of rotatable bonds is 2. The normalized spacial score (nSPS) is 12.0. The predicted molar refractivity (Wildman–Crippen MR) is 116 cm³/mol. The maximum atomic E-state index is 13.4. The van der Waals surface area contributed by atoms with Gasteiger partial charge in [-0.1, -0.05) is 11.6 Å². The monoisotopic (exact) mass is 463 g/mol. The van der Waals surface area contributed by atoms with Gasteiger partial charge in [-0.15, -0.1) is 10.00 Å². The number of hydrogen-bond acceptors (Lipinski definition) is 7. The van der Waals surface area contributed by atoms with Crippen LogP contribution in [0.5, 0.6) is 0 Å². The summed E-state index contributed by atoms with van der Waals surface area (Å²) in [7, 11) is 0.